The minimum absolute atomic E-state index is 0.0557. The van der Waals surface area contributed by atoms with E-state index in [0.29, 0.717) is 38.5 Å². The summed E-state index contributed by atoms with van der Waals surface area (Å²) >= 11 is 9.37. The summed E-state index contributed by atoms with van der Waals surface area (Å²) in [5.74, 6) is -19.7. The number of guanidine groups is 1. The van der Waals surface area contributed by atoms with E-state index in [-0.39, 0.29) is 85.4 Å². The van der Waals surface area contributed by atoms with Crippen LogP contribution in [0.15, 0.2) is 109 Å². The molecule has 694 valence electrons. The van der Waals surface area contributed by atoms with Crippen molar-refractivity contribution in [1.82, 2.24) is 89.7 Å². The van der Waals surface area contributed by atoms with Crippen molar-refractivity contribution in [3.8, 4) is 11.5 Å². The molecule has 14 atom stereocenters. The number of aliphatic hydroxyl groups excluding tert-OH is 1. The molecule has 0 fully saturated rings. The number of hydrogen-bond acceptors (Lipinski definition) is 24. The van der Waals surface area contributed by atoms with E-state index in [1.54, 1.807) is 74.8 Å². The number of benzene rings is 4. The van der Waals surface area contributed by atoms with Crippen molar-refractivity contribution >= 4 is 165 Å². The van der Waals surface area contributed by atoms with Crippen LogP contribution < -0.4 is 91.2 Å². The molecule has 128 heavy (non-hydrogen) atoms. The maximum Gasteiger partial charge on any atom is 0.327 e. The summed E-state index contributed by atoms with van der Waals surface area (Å²) in [5.41, 5.74) is 13.6. The van der Waals surface area contributed by atoms with Gasteiger partial charge in [-0.15, -0.1) is 0 Å². The monoisotopic (exact) mass is 1840 g/mol. The first-order chi connectivity index (χ1) is 60.7. The smallest absolute Gasteiger partial charge is 0.327 e. The fourth-order valence-corrected chi connectivity index (χ4v) is 14.2. The van der Waals surface area contributed by atoms with E-state index in [1.165, 1.54) is 80.3 Å². The van der Waals surface area contributed by atoms with Gasteiger partial charge in [-0.05, 0) is 123 Å². The van der Waals surface area contributed by atoms with E-state index in [0.717, 1.165) is 6.92 Å². The first kappa shape index (κ1) is 104. The first-order valence-corrected chi connectivity index (χ1v) is 43.4. The first-order valence-electron chi connectivity index (χ1n) is 40.7. The number of rotatable bonds is 53. The van der Waals surface area contributed by atoms with E-state index in [9.17, 15) is 92.7 Å². The number of primary amides is 1. The molecular formula is C83H112N20O22S3. The Morgan fingerprint density at radius 2 is 0.867 bits per heavy atom. The zero-order chi connectivity index (χ0) is 94.6. The van der Waals surface area contributed by atoms with Crippen molar-refractivity contribution in [2.45, 2.75) is 190 Å². The van der Waals surface area contributed by atoms with Gasteiger partial charge in [0.25, 0.3) is 0 Å². The molecule has 0 bridgehead atoms. The zero-order valence-corrected chi connectivity index (χ0v) is 73.6. The number of nitrogens with one attached hydrogen (secondary N) is 18. The highest BCUT2D eigenvalue weighted by molar-refractivity contribution is 7.98. The van der Waals surface area contributed by atoms with Gasteiger partial charge in [-0.2, -0.15) is 37.0 Å². The summed E-state index contributed by atoms with van der Waals surface area (Å²) in [6.45, 7) is 6.28. The number of phenolic OH excluding ortho intramolecular Hbond substituents is 2. The number of carbonyl (C=O) groups excluding carboxylic acids is 15. The number of para-hydroxylation sites is 2. The molecule has 6 rings (SSSR count). The molecule has 15 amide bonds. The summed E-state index contributed by atoms with van der Waals surface area (Å²) in [6.07, 6.45) is -1.24. The Morgan fingerprint density at radius 1 is 0.453 bits per heavy atom. The lowest BCUT2D eigenvalue weighted by molar-refractivity contribution is -0.142. The summed E-state index contributed by atoms with van der Waals surface area (Å²) in [5, 5.41) is 97.6. The number of carboxylic acid groups (broad SMARTS) is 2. The molecule has 0 spiro atoms. The van der Waals surface area contributed by atoms with Crippen LogP contribution in [0.4, 0.5) is 0 Å². The van der Waals surface area contributed by atoms with Crippen molar-refractivity contribution in [3.63, 3.8) is 0 Å². The van der Waals surface area contributed by atoms with Gasteiger partial charge in [0.15, 0.2) is 5.96 Å². The summed E-state index contributed by atoms with van der Waals surface area (Å²) in [6, 6.07) is 3.24. The van der Waals surface area contributed by atoms with Crippen LogP contribution in [-0.2, 0) is 107 Å². The van der Waals surface area contributed by atoms with E-state index >= 15 is 14.4 Å². The zero-order valence-electron chi connectivity index (χ0n) is 71.0. The maximum atomic E-state index is 15.4. The third-order valence-corrected chi connectivity index (χ3v) is 21.3. The minimum atomic E-state index is -2.17. The fraction of sp³-hybridized carbons (Fsp3) is 0.446. The van der Waals surface area contributed by atoms with Crippen molar-refractivity contribution in [1.29, 1.82) is 5.41 Å². The van der Waals surface area contributed by atoms with E-state index in [1.807, 2.05) is 0 Å². The molecule has 45 heteroatoms. The predicted octanol–water partition coefficient (Wildman–Crippen LogP) is -3.08. The number of thiol groups is 2. The Labute approximate surface area is 750 Å². The number of H-pyrrole nitrogens is 2. The lowest BCUT2D eigenvalue weighted by Crippen LogP contribution is -2.62. The minimum Gasteiger partial charge on any atom is -0.508 e. The van der Waals surface area contributed by atoms with Crippen LogP contribution in [-0.4, -0.2) is 263 Å². The van der Waals surface area contributed by atoms with Gasteiger partial charge >= 0.3 is 11.9 Å². The quantitative estimate of drug-likeness (QED) is 0.00779. The number of thioether (sulfide) groups is 1. The molecular weight excluding hydrogens is 1730 g/mol. The number of aromatic nitrogens is 2. The highest BCUT2D eigenvalue weighted by Crippen LogP contribution is 2.23. The maximum absolute atomic E-state index is 15.4. The van der Waals surface area contributed by atoms with E-state index < -0.39 is 230 Å². The van der Waals surface area contributed by atoms with Gasteiger partial charge in [-0.25, -0.2) is 4.79 Å². The number of fused-ring (bicyclic) bond motifs is 2. The number of phenols is 2. The normalized spacial score (nSPS) is 14.4. The second kappa shape index (κ2) is 51.4. The van der Waals surface area contributed by atoms with Crippen molar-refractivity contribution in [2.75, 3.05) is 36.6 Å². The van der Waals surface area contributed by atoms with Crippen LogP contribution >= 0.6 is 37.0 Å². The average molecular weight is 1840 g/mol. The lowest BCUT2D eigenvalue weighted by Gasteiger charge is -2.29. The Morgan fingerprint density at radius 3 is 1.34 bits per heavy atom. The van der Waals surface area contributed by atoms with Gasteiger partial charge in [0, 0.05) is 91.3 Å². The second-order valence-electron chi connectivity index (χ2n) is 30.7. The van der Waals surface area contributed by atoms with Crippen LogP contribution in [0.5, 0.6) is 11.5 Å². The molecule has 27 N–H and O–H groups in total. The number of aromatic amines is 2. The molecule has 0 radical (unpaired) electrons. The molecule has 2 aromatic heterocycles. The third kappa shape index (κ3) is 34.0. The summed E-state index contributed by atoms with van der Waals surface area (Å²) in [4.78, 5) is 242. The van der Waals surface area contributed by atoms with Crippen molar-refractivity contribution < 1.29 is 107 Å². The number of carbonyl (C=O) groups is 17. The van der Waals surface area contributed by atoms with E-state index in [4.69, 9.17) is 16.9 Å². The number of hydrogen-bond donors (Lipinski definition) is 27. The van der Waals surface area contributed by atoms with Gasteiger partial charge in [0.05, 0.1) is 19.1 Å². The van der Waals surface area contributed by atoms with Crippen LogP contribution in [0, 0.1) is 11.3 Å². The van der Waals surface area contributed by atoms with E-state index in [2.05, 4.69) is 115 Å². The number of aliphatic hydroxyl groups is 1. The van der Waals surface area contributed by atoms with Crippen LogP contribution in [0.3, 0.4) is 0 Å². The largest absolute Gasteiger partial charge is 0.508 e. The number of nitrogens with two attached hydrogens (primary N) is 2. The predicted molar refractivity (Wildman–Crippen MR) is 476 cm³/mol. The van der Waals surface area contributed by atoms with Crippen LogP contribution in [0.1, 0.15) is 102 Å². The lowest BCUT2D eigenvalue weighted by atomic mass is 9.99. The van der Waals surface area contributed by atoms with Gasteiger partial charge < -0.3 is 127 Å². The average Bonchev–Trinajstić information content (AvgIpc) is 1.65. The molecule has 2 heterocycles. The molecule has 0 saturated heterocycles. The van der Waals surface area contributed by atoms with Gasteiger partial charge in [-0.1, -0.05) is 74.5 Å². The number of amides is 15. The molecule has 0 aliphatic heterocycles. The van der Waals surface area contributed by atoms with Crippen LogP contribution in [0.2, 0.25) is 0 Å². The van der Waals surface area contributed by atoms with Gasteiger partial charge in [-0.3, -0.25) is 82.1 Å². The Bertz CT molecular complexity index is 4920. The molecule has 0 aliphatic rings. The number of aromatic hydroxyl groups is 2. The Kier molecular flexibility index (Phi) is 41.6. The van der Waals surface area contributed by atoms with Crippen molar-refractivity contribution in [2.24, 2.45) is 17.4 Å². The van der Waals surface area contributed by atoms with Crippen molar-refractivity contribution in [3.05, 3.63) is 132 Å². The molecule has 42 nitrogen and oxygen atoms in total. The second-order valence-corrected chi connectivity index (χ2v) is 32.4. The standard InChI is InChI=1S/C83H112N20O22S3/c1-41(2)30-58(75(117)97-59(31-45-17-21-49(106)22-18-45)71(113)90-38-67(109)93-55(16-11-28-87-83(85)86)72(114)102-65(40-127)82(124)125)96-78(120)61(33-47-36-88-53-14-9-7-12-51(47)53)99-76(118)60(32-46-19-23-50(107)24-20-46)98-79(121)63(35-68(110)111)100-73(115)56(25-26-66(84)108)95-77(119)62(34-48-37-89-54-15-10-8-13-52(48)54)101-81(123)69(43(4)104)103-74(116)57(27-29-128-6)94-70(112)42(3)91-80(122)64(39-126)92-44(5)105/h7-10,12-15,17-24,36-37,41-43,55-65,69,88-89,104,106-107,126-127H,11,16,25-35,38-40H2,1-6H3,(H2,84,108)(H,90,113)(H,91,122)(H,92,105)(H,93,109)(H,94,112)(H,95,119)(H,96,120)(H,97,117)(H,98,121)(H,99,118)(H,100,115)(H,101,123)(H,102,114)(H,103,116)(H,110,111)(H,124,125)(H4,85,86,87)/t42-,43+,55-,56-,57-,58-,59-,60-,61-,62-,63-,64-,65-,69-/m0/s1. The SMILES string of the molecule is CSCC[C@H](NC(=O)[C@H](C)NC(=O)[C@H](CS)NC(C)=O)C(=O)N[C@H](C(=O)N[C@@H](Cc1c[nH]c2ccccc12)C(=O)N[C@@H](CCC(N)=O)C(=O)N[C@@H](CC(=O)O)C(=O)N[C@@H](Cc1ccc(O)cc1)C(=O)N[C@@H](Cc1c[nH]c2ccccc12)C(=O)N[C@@H](CC(C)C)C(=O)N[C@@H](Cc1ccc(O)cc1)C(=O)NCC(=O)N[C@@H](CCCNC(=N)N)C(=O)N[C@@H](CS)C(=O)O)[C@@H](C)O. The number of aliphatic carboxylic acids is 2. The fourth-order valence-electron chi connectivity index (χ4n) is 13.2. The molecule has 0 aliphatic carbocycles. The summed E-state index contributed by atoms with van der Waals surface area (Å²) < 4.78 is 0. The van der Waals surface area contributed by atoms with Crippen LogP contribution in [0.25, 0.3) is 21.8 Å². The highest BCUT2D eigenvalue weighted by Gasteiger charge is 2.39. The third-order valence-electron chi connectivity index (χ3n) is 19.9. The number of carboxylic acids is 2. The Hall–Kier alpha value is -13.2. The Balaban J connectivity index is 1.30. The van der Waals surface area contributed by atoms with Gasteiger partial charge in [0.2, 0.25) is 88.6 Å². The topological polar surface area (TPSA) is 679 Å². The molecule has 4 aromatic carbocycles. The highest BCUT2D eigenvalue weighted by atomic mass is 32.2. The van der Waals surface area contributed by atoms with Gasteiger partial charge in [0.1, 0.15) is 90.0 Å². The molecule has 6 aromatic rings. The molecule has 0 unspecified atom stereocenters. The molecule has 0 saturated carbocycles. The summed E-state index contributed by atoms with van der Waals surface area (Å²) in [7, 11) is 0.